The summed E-state index contributed by atoms with van der Waals surface area (Å²) >= 11 is 0. The van der Waals surface area contributed by atoms with E-state index in [9.17, 15) is 0 Å². The second kappa shape index (κ2) is 5.99. The number of nitrogens with one attached hydrogen (secondary N) is 1. The predicted octanol–water partition coefficient (Wildman–Crippen LogP) is 1.30. The van der Waals surface area contributed by atoms with E-state index in [2.05, 4.69) is 39.4 Å². The van der Waals surface area contributed by atoms with E-state index in [0.717, 1.165) is 12.1 Å². The summed E-state index contributed by atoms with van der Waals surface area (Å²) in [4.78, 5) is 8.29. The predicted molar refractivity (Wildman–Crippen MR) is 75.8 cm³/mol. The van der Waals surface area contributed by atoms with Crippen molar-refractivity contribution < 1.29 is 0 Å². The maximum absolute atomic E-state index is 5.83. The van der Waals surface area contributed by atoms with Crippen molar-refractivity contribution in [3.63, 3.8) is 0 Å². The van der Waals surface area contributed by atoms with Gasteiger partial charge in [-0.3, -0.25) is 4.68 Å². The summed E-state index contributed by atoms with van der Waals surface area (Å²) in [5.41, 5.74) is 8.02. The van der Waals surface area contributed by atoms with Crippen LogP contribution < -0.4 is 11.1 Å². The number of aromatic nitrogens is 3. The van der Waals surface area contributed by atoms with Gasteiger partial charge in [-0.15, -0.1) is 0 Å². The summed E-state index contributed by atoms with van der Waals surface area (Å²) in [5.74, 6) is 1.01. The van der Waals surface area contributed by atoms with Gasteiger partial charge in [-0.05, 0) is 24.1 Å². The van der Waals surface area contributed by atoms with Gasteiger partial charge in [-0.1, -0.05) is 19.1 Å². The lowest BCUT2D eigenvalue weighted by Gasteiger charge is -2.06. The SMILES string of the molecule is CCc1cccc(NC(N)=NCc2ncn(C)n2)c1. The van der Waals surface area contributed by atoms with E-state index in [0.29, 0.717) is 18.3 Å². The minimum atomic E-state index is 0.362. The smallest absolute Gasteiger partial charge is 0.193 e. The van der Waals surface area contributed by atoms with Crippen LogP contribution in [0.2, 0.25) is 0 Å². The minimum absolute atomic E-state index is 0.362. The molecule has 0 bridgehead atoms. The Balaban J connectivity index is 1.97. The fourth-order valence-electron chi connectivity index (χ4n) is 1.67. The monoisotopic (exact) mass is 258 g/mol. The normalized spacial score (nSPS) is 11.6. The zero-order valence-corrected chi connectivity index (χ0v) is 11.2. The van der Waals surface area contributed by atoms with E-state index in [1.807, 2.05) is 19.2 Å². The summed E-state index contributed by atoms with van der Waals surface area (Å²) in [6.07, 6.45) is 2.63. The van der Waals surface area contributed by atoms with Crippen LogP contribution in [0.5, 0.6) is 0 Å². The summed E-state index contributed by atoms with van der Waals surface area (Å²) in [6, 6.07) is 8.09. The zero-order valence-electron chi connectivity index (χ0n) is 11.2. The third kappa shape index (κ3) is 3.80. The number of rotatable bonds is 4. The molecule has 2 aromatic rings. The molecule has 3 N–H and O–H groups in total. The van der Waals surface area contributed by atoms with Crippen LogP contribution >= 0.6 is 0 Å². The highest BCUT2D eigenvalue weighted by molar-refractivity contribution is 5.92. The van der Waals surface area contributed by atoms with Gasteiger partial charge in [0.15, 0.2) is 11.8 Å². The molecule has 1 aromatic heterocycles. The molecule has 1 heterocycles. The molecule has 0 radical (unpaired) electrons. The van der Waals surface area contributed by atoms with Gasteiger partial charge in [0.1, 0.15) is 12.9 Å². The standard InChI is InChI=1S/C13H18N6/c1-3-10-5-4-6-11(7-10)17-13(14)15-8-12-16-9-19(2)18-12/h4-7,9H,3,8H2,1-2H3,(H3,14,15,17). The van der Waals surface area contributed by atoms with Gasteiger partial charge >= 0.3 is 0 Å². The molecule has 6 nitrogen and oxygen atoms in total. The number of nitrogens with zero attached hydrogens (tertiary/aromatic N) is 4. The van der Waals surface area contributed by atoms with Crippen LogP contribution in [0.3, 0.4) is 0 Å². The number of anilines is 1. The van der Waals surface area contributed by atoms with Gasteiger partial charge in [-0.2, -0.15) is 5.10 Å². The highest BCUT2D eigenvalue weighted by Crippen LogP contribution is 2.10. The molecule has 0 unspecified atom stereocenters. The lowest BCUT2D eigenvalue weighted by atomic mass is 10.1. The molecule has 0 saturated heterocycles. The Morgan fingerprint density at radius 3 is 3.00 bits per heavy atom. The van der Waals surface area contributed by atoms with Crippen molar-refractivity contribution in [1.29, 1.82) is 0 Å². The molecule has 0 aliphatic carbocycles. The first-order chi connectivity index (χ1) is 9.17. The summed E-state index contributed by atoms with van der Waals surface area (Å²) < 4.78 is 1.64. The molecule has 0 spiro atoms. The molecule has 0 fully saturated rings. The molecular formula is C13H18N6. The van der Waals surface area contributed by atoms with E-state index in [1.165, 1.54) is 5.56 Å². The fourth-order valence-corrected chi connectivity index (χ4v) is 1.67. The van der Waals surface area contributed by atoms with Crippen molar-refractivity contribution in [1.82, 2.24) is 14.8 Å². The van der Waals surface area contributed by atoms with Crippen LogP contribution in [0.4, 0.5) is 5.69 Å². The van der Waals surface area contributed by atoms with Crippen molar-refractivity contribution in [2.24, 2.45) is 17.8 Å². The molecule has 1 aromatic carbocycles. The number of benzene rings is 1. The summed E-state index contributed by atoms with van der Waals surface area (Å²) in [5, 5.41) is 7.19. The molecule has 0 atom stereocenters. The second-order valence-electron chi connectivity index (χ2n) is 4.21. The average molecular weight is 258 g/mol. The largest absolute Gasteiger partial charge is 0.370 e. The van der Waals surface area contributed by atoms with Crippen molar-refractivity contribution in [3.05, 3.63) is 42.0 Å². The van der Waals surface area contributed by atoms with Crippen LogP contribution in [0.1, 0.15) is 18.3 Å². The van der Waals surface area contributed by atoms with Gasteiger partial charge in [-0.25, -0.2) is 9.98 Å². The average Bonchev–Trinajstić information content (AvgIpc) is 2.82. The zero-order chi connectivity index (χ0) is 13.7. The Morgan fingerprint density at radius 1 is 1.47 bits per heavy atom. The van der Waals surface area contributed by atoms with Crippen LogP contribution in [0, 0.1) is 0 Å². The molecule has 19 heavy (non-hydrogen) atoms. The number of aliphatic imine (C=N–C) groups is 1. The Hall–Kier alpha value is -2.37. The number of nitrogens with two attached hydrogens (primary N) is 1. The topological polar surface area (TPSA) is 81.1 Å². The van der Waals surface area contributed by atoms with Gasteiger partial charge in [0.2, 0.25) is 0 Å². The quantitative estimate of drug-likeness (QED) is 0.640. The van der Waals surface area contributed by atoms with Crippen molar-refractivity contribution >= 4 is 11.6 Å². The third-order valence-electron chi connectivity index (χ3n) is 2.65. The first kappa shape index (κ1) is 13.1. The first-order valence-electron chi connectivity index (χ1n) is 6.17. The number of hydrogen-bond donors (Lipinski definition) is 2. The minimum Gasteiger partial charge on any atom is -0.370 e. The number of hydrogen-bond acceptors (Lipinski definition) is 3. The summed E-state index contributed by atoms with van der Waals surface area (Å²) in [7, 11) is 1.82. The molecule has 6 heteroatoms. The molecule has 100 valence electrons. The maximum atomic E-state index is 5.83. The van der Waals surface area contributed by atoms with Crippen LogP contribution in [0.15, 0.2) is 35.6 Å². The van der Waals surface area contributed by atoms with E-state index in [1.54, 1.807) is 11.0 Å². The van der Waals surface area contributed by atoms with Crippen molar-refractivity contribution in [2.45, 2.75) is 19.9 Å². The van der Waals surface area contributed by atoms with Gasteiger partial charge in [0.25, 0.3) is 0 Å². The van der Waals surface area contributed by atoms with Crippen LogP contribution in [-0.2, 0) is 20.0 Å². The van der Waals surface area contributed by atoms with Crippen molar-refractivity contribution in [2.75, 3.05) is 5.32 Å². The summed E-state index contributed by atoms with van der Waals surface area (Å²) in [6.45, 7) is 2.48. The Morgan fingerprint density at radius 2 is 2.32 bits per heavy atom. The van der Waals surface area contributed by atoms with Gasteiger partial charge in [0.05, 0.1) is 0 Å². The number of aryl methyl sites for hydroxylation is 2. The lowest BCUT2D eigenvalue weighted by molar-refractivity contribution is 0.742. The second-order valence-corrected chi connectivity index (χ2v) is 4.21. The Labute approximate surface area is 112 Å². The molecular weight excluding hydrogens is 240 g/mol. The van der Waals surface area contributed by atoms with Gasteiger partial charge < -0.3 is 11.1 Å². The number of guanidine groups is 1. The Kier molecular flexibility index (Phi) is 4.12. The lowest BCUT2D eigenvalue weighted by Crippen LogP contribution is -2.22. The highest BCUT2D eigenvalue weighted by atomic mass is 15.3. The van der Waals surface area contributed by atoms with Gasteiger partial charge in [0, 0.05) is 12.7 Å². The van der Waals surface area contributed by atoms with Crippen LogP contribution in [0.25, 0.3) is 0 Å². The first-order valence-corrected chi connectivity index (χ1v) is 6.17. The van der Waals surface area contributed by atoms with E-state index in [4.69, 9.17) is 5.73 Å². The van der Waals surface area contributed by atoms with Crippen LogP contribution in [-0.4, -0.2) is 20.7 Å². The van der Waals surface area contributed by atoms with E-state index >= 15 is 0 Å². The molecule has 0 amide bonds. The maximum Gasteiger partial charge on any atom is 0.193 e. The fraction of sp³-hybridized carbons (Fsp3) is 0.308. The molecule has 0 saturated carbocycles. The van der Waals surface area contributed by atoms with E-state index < -0.39 is 0 Å². The van der Waals surface area contributed by atoms with Crippen molar-refractivity contribution in [3.8, 4) is 0 Å². The highest BCUT2D eigenvalue weighted by Gasteiger charge is 1.99. The molecule has 0 aliphatic heterocycles. The third-order valence-corrected chi connectivity index (χ3v) is 2.65. The molecule has 0 aliphatic rings. The van der Waals surface area contributed by atoms with E-state index in [-0.39, 0.29) is 0 Å². The molecule has 2 rings (SSSR count). The Bertz CT molecular complexity index is 572.